The highest BCUT2D eigenvalue weighted by molar-refractivity contribution is 7.08. The van der Waals surface area contributed by atoms with Crippen LogP contribution >= 0.6 is 22.9 Å². The molecule has 0 aliphatic rings. The Kier molecular flexibility index (Phi) is 3.69. The van der Waals surface area contributed by atoms with Crippen molar-refractivity contribution in [2.24, 2.45) is 0 Å². The number of thiophene rings is 1. The Morgan fingerprint density at radius 1 is 1.38 bits per heavy atom. The summed E-state index contributed by atoms with van der Waals surface area (Å²) in [5.74, 6) is 0.548. The first-order chi connectivity index (χ1) is 7.79. The predicted molar refractivity (Wildman–Crippen MR) is 63.9 cm³/mol. The molecule has 0 radical (unpaired) electrons. The summed E-state index contributed by atoms with van der Waals surface area (Å²) in [6.07, 6.45) is 0.900. The first-order valence-corrected chi connectivity index (χ1v) is 6.18. The maximum Gasteiger partial charge on any atom is 0.321 e. The molecule has 0 saturated carbocycles. The third-order valence-corrected chi connectivity index (χ3v) is 2.65. The van der Waals surface area contributed by atoms with E-state index < -0.39 is 0 Å². The van der Waals surface area contributed by atoms with E-state index in [-0.39, 0.29) is 11.3 Å². The second kappa shape index (κ2) is 5.23. The van der Waals surface area contributed by atoms with Crippen LogP contribution in [0.3, 0.4) is 0 Å². The third kappa shape index (κ3) is 2.68. The molecule has 0 aliphatic carbocycles. The highest BCUT2D eigenvalue weighted by Gasteiger charge is 2.08. The van der Waals surface area contributed by atoms with Gasteiger partial charge in [0.15, 0.2) is 5.82 Å². The Balaban J connectivity index is 2.29. The van der Waals surface area contributed by atoms with E-state index in [1.54, 1.807) is 11.3 Å². The number of nitrogens with zero attached hydrogens (tertiary/aromatic N) is 3. The Morgan fingerprint density at radius 3 is 2.94 bits per heavy atom. The Bertz CT molecular complexity index is 461. The molecule has 0 fully saturated rings. The number of halogens is 1. The van der Waals surface area contributed by atoms with Crippen LogP contribution in [0.1, 0.15) is 13.3 Å². The van der Waals surface area contributed by atoms with Crippen molar-refractivity contribution in [3.05, 3.63) is 22.1 Å². The summed E-state index contributed by atoms with van der Waals surface area (Å²) >= 11 is 7.39. The van der Waals surface area contributed by atoms with E-state index in [0.717, 1.165) is 12.0 Å². The first-order valence-electron chi connectivity index (χ1n) is 4.86. The summed E-state index contributed by atoms with van der Waals surface area (Å²) in [7, 11) is 0. The van der Waals surface area contributed by atoms with Gasteiger partial charge in [-0.3, -0.25) is 0 Å². The average Bonchev–Trinajstić information content (AvgIpc) is 2.79. The quantitative estimate of drug-likeness (QED) is 0.843. The fourth-order valence-corrected chi connectivity index (χ4v) is 1.90. The normalized spacial score (nSPS) is 10.4. The van der Waals surface area contributed by atoms with E-state index in [4.69, 9.17) is 16.3 Å². The van der Waals surface area contributed by atoms with Crippen molar-refractivity contribution in [1.82, 2.24) is 15.0 Å². The molecule has 2 rings (SSSR count). The summed E-state index contributed by atoms with van der Waals surface area (Å²) in [4.78, 5) is 12.2. The van der Waals surface area contributed by atoms with Crippen molar-refractivity contribution in [2.75, 3.05) is 6.61 Å². The third-order valence-electron chi connectivity index (χ3n) is 1.80. The molecule has 0 aliphatic heterocycles. The zero-order valence-corrected chi connectivity index (χ0v) is 10.3. The molecular weight excluding hydrogens is 246 g/mol. The summed E-state index contributed by atoms with van der Waals surface area (Å²) in [5.41, 5.74) is 0.927. The van der Waals surface area contributed by atoms with Crippen LogP contribution in [0.25, 0.3) is 11.4 Å². The van der Waals surface area contributed by atoms with Gasteiger partial charge in [-0.15, -0.1) is 0 Å². The highest BCUT2D eigenvalue weighted by Crippen LogP contribution is 2.21. The zero-order chi connectivity index (χ0) is 11.4. The Labute approximate surface area is 102 Å². The van der Waals surface area contributed by atoms with Crippen molar-refractivity contribution in [1.29, 1.82) is 0 Å². The van der Waals surface area contributed by atoms with Crippen LogP contribution in [0.15, 0.2) is 16.8 Å². The number of hydrogen-bond donors (Lipinski definition) is 0. The maximum absolute atomic E-state index is 5.81. The summed E-state index contributed by atoms with van der Waals surface area (Å²) in [6.45, 7) is 2.59. The van der Waals surface area contributed by atoms with E-state index in [9.17, 15) is 0 Å². The summed E-state index contributed by atoms with van der Waals surface area (Å²) in [5, 5.41) is 4.07. The minimum atomic E-state index is 0.155. The van der Waals surface area contributed by atoms with Gasteiger partial charge in [-0.1, -0.05) is 6.92 Å². The SMILES string of the molecule is CCCOc1nc(Cl)nc(-c2ccsc2)n1. The molecule has 16 heavy (non-hydrogen) atoms. The smallest absolute Gasteiger partial charge is 0.321 e. The van der Waals surface area contributed by atoms with Crippen LogP contribution in [0, 0.1) is 0 Å². The second-order valence-electron chi connectivity index (χ2n) is 3.07. The predicted octanol–water partition coefficient (Wildman–Crippen LogP) is 3.04. The topological polar surface area (TPSA) is 47.9 Å². The van der Waals surface area contributed by atoms with Gasteiger partial charge in [0.1, 0.15) is 0 Å². The number of rotatable bonds is 4. The molecular formula is C10H10ClN3OS. The molecule has 4 nitrogen and oxygen atoms in total. The molecule has 0 unspecified atom stereocenters. The molecule has 0 N–H and O–H groups in total. The van der Waals surface area contributed by atoms with Crippen LogP contribution in [-0.2, 0) is 0 Å². The van der Waals surface area contributed by atoms with Crippen molar-refractivity contribution in [2.45, 2.75) is 13.3 Å². The van der Waals surface area contributed by atoms with Crippen molar-refractivity contribution in [3.63, 3.8) is 0 Å². The molecule has 2 aromatic rings. The van der Waals surface area contributed by atoms with Gasteiger partial charge in [0.2, 0.25) is 5.28 Å². The van der Waals surface area contributed by atoms with Gasteiger partial charge in [-0.05, 0) is 29.5 Å². The minimum absolute atomic E-state index is 0.155. The first kappa shape index (κ1) is 11.3. The molecule has 2 aromatic heterocycles. The molecule has 0 saturated heterocycles. The van der Waals surface area contributed by atoms with Crippen LogP contribution in [0.2, 0.25) is 5.28 Å². The van der Waals surface area contributed by atoms with E-state index in [0.29, 0.717) is 12.4 Å². The lowest BCUT2D eigenvalue weighted by atomic mass is 10.3. The summed E-state index contributed by atoms with van der Waals surface area (Å²) < 4.78 is 5.33. The molecule has 0 spiro atoms. The molecule has 0 amide bonds. The van der Waals surface area contributed by atoms with E-state index in [1.165, 1.54) is 0 Å². The number of aromatic nitrogens is 3. The second-order valence-corrected chi connectivity index (χ2v) is 4.19. The molecule has 0 bridgehead atoms. The van der Waals surface area contributed by atoms with Crippen LogP contribution < -0.4 is 4.74 Å². The molecule has 0 aromatic carbocycles. The standard InChI is InChI=1S/C10H10ClN3OS/c1-2-4-15-10-13-8(12-9(11)14-10)7-3-5-16-6-7/h3,5-6H,2,4H2,1H3. The highest BCUT2D eigenvalue weighted by atomic mass is 35.5. The number of ether oxygens (including phenoxy) is 1. The van der Waals surface area contributed by atoms with Crippen LogP contribution in [0.4, 0.5) is 0 Å². The van der Waals surface area contributed by atoms with E-state index in [2.05, 4.69) is 15.0 Å². The van der Waals surface area contributed by atoms with Gasteiger partial charge < -0.3 is 4.74 Å². The maximum atomic E-state index is 5.81. The van der Waals surface area contributed by atoms with Crippen molar-refractivity contribution >= 4 is 22.9 Å². The molecule has 0 atom stereocenters. The number of hydrogen-bond acceptors (Lipinski definition) is 5. The van der Waals surface area contributed by atoms with Crippen molar-refractivity contribution < 1.29 is 4.74 Å². The Morgan fingerprint density at radius 2 is 2.25 bits per heavy atom. The van der Waals surface area contributed by atoms with Crippen molar-refractivity contribution in [3.8, 4) is 17.4 Å². The average molecular weight is 256 g/mol. The van der Waals surface area contributed by atoms with Crippen LogP contribution in [0.5, 0.6) is 6.01 Å². The lowest BCUT2D eigenvalue weighted by Gasteiger charge is -2.03. The van der Waals surface area contributed by atoms with Gasteiger partial charge in [0.05, 0.1) is 6.61 Å². The summed E-state index contributed by atoms with van der Waals surface area (Å²) in [6, 6.07) is 2.21. The van der Waals surface area contributed by atoms with Gasteiger partial charge in [-0.25, -0.2) is 0 Å². The lowest BCUT2D eigenvalue weighted by Crippen LogP contribution is -2.02. The van der Waals surface area contributed by atoms with Gasteiger partial charge in [-0.2, -0.15) is 26.3 Å². The fourth-order valence-electron chi connectivity index (χ4n) is 1.11. The fraction of sp³-hybridized carbons (Fsp3) is 0.300. The van der Waals surface area contributed by atoms with Gasteiger partial charge >= 0.3 is 6.01 Å². The van der Waals surface area contributed by atoms with Gasteiger partial charge in [0, 0.05) is 10.9 Å². The molecule has 6 heteroatoms. The zero-order valence-electron chi connectivity index (χ0n) is 8.68. The Hall–Kier alpha value is -1.20. The van der Waals surface area contributed by atoms with E-state index >= 15 is 0 Å². The van der Waals surface area contributed by atoms with Crippen LogP contribution in [-0.4, -0.2) is 21.6 Å². The van der Waals surface area contributed by atoms with E-state index in [1.807, 2.05) is 23.8 Å². The monoisotopic (exact) mass is 255 g/mol. The largest absolute Gasteiger partial charge is 0.463 e. The molecule has 84 valence electrons. The molecule has 2 heterocycles. The minimum Gasteiger partial charge on any atom is -0.463 e. The van der Waals surface area contributed by atoms with Gasteiger partial charge in [0.25, 0.3) is 0 Å². The lowest BCUT2D eigenvalue weighted by molar-refractivity contribution is 0.291.